The maximum absolute atomic E-state index is 12.3. The van der Waals surface area contributed by atoms with E-state index in [1.54, 1.807) is 0 Å². The molecule has 28 heavy (non-hydrogen) atoms. The van der Waals surface area contributed by atoms with Crippen molar-refractivity contribution in [3.05, 3.63) is 46.9 Å². The Hall–Kier alpha value is -1.86. The average Bonchev–Trinajstić information content (AvgIpc) is 3.20. The Morgan fingerprint density at radius 1 is 1.18 bits per heavy atom. The Labute approximate surface area is 177 Å². The van der Waals surface area contributed by atoms with Crippen molar-refractivity contribution in [2.24, 2.45) is 5.92 Å². The lowest BCUT2D eigenvalue weighted by atomic mass is 10.1. The molecule has 4 rings (SSSR count). The first-order chi connectivity index (χ1) is 13.7. The summed E-state index contributed by atoms with van der Waals surface area (Å²) in [5.74, 6) is 2.50. The lowest BCUT2D eigenvalue weighted by Gasteiger charge is -2.19. The number of amides is 1. The highest BCUT2D eigenvalue weighted by Crippen LogP contribution is 2.34. The summed E-state index contributed by atoms with van der Waals surface area (Å²) in [7, 11) is 0. The molecule has 1 N–H and O–H groups in total. The Balaban J connectivity index is 1.21. The van der Waals surface area contributed by atoms with Crippen LogP contribution in [0.15, 0.2) is 51.8 Å². The quantitative estimate of drug-likeness (QED) is 0.658. The van der Waals surface area contributed by atoms with Crippen molar-refractivity contribution in [2.75, 3.05) is 43.5 Å². The van der Waals surface area contributed by atoms with Crippen molar-refractivity contribution >= 4 is 39.3 Å². The molecule has 1 amide bonds. The molecule has 0 bridgehead atoms. The van der Waals surface area contributed by atoms with Crippen LogP contribution in [0.25, 0.3) is 0 Å². The normalized spacial score (nSPS) is 18.2. The molecule has 1 saturated heterocycles. The highest BCUT2D eigenvalue weighted by Gasteiger charge is 2.23. The van der Waals surface area contributed by atoms with Gasteiger partial charge in [-0.15, -0.1) is 11.8 Å². The third kappa shape index (κ3) is 4.94. The van der Waals surface area contributed by atoms with Gasteiger partial charge in [0.05, 0.1) is 5.75 Å². The number of nitrogens with one attached hydrogen (secondary N) is 1. The Bertz CT molecular complexity index is 848. The average molecular weight is 463 g/mol. The molecule has 148 valence electrons. The summed E-state index contributed by atoms with van der Waals surface area (Å²) in [5, 5.41) is 3.09. The number of ether oxygens (including phenoxy) is 2. The number of carbonyl (C=O) groups is 1. The molecule has 2 aliphatic rings. The highest BCUT2D eigenvalue weighted by molar-refractivity contribution is 9.10. The van der Waals surface area contributed by atoms with Gasteiger partial charge in [-0.05, 0) is 48.7 Å². The van der Waals surface area contributed by atoms with Crippen molar-refractivity contribution < 1.29 is 14.3 Å². The van der Waals surface area contributed by atoms with Gasteiger partial charge in [0.2, 0.25) is 5.91 Å². The third-order valence-electron chi connectivity index (χ3n) is 4.93. The third-order valence-corrected chi connectivity index (χ3v) is 6.42. The van der Waals surface area contributed by atoms with E-state index in [4.69, 9.17) is 9.47 Å². The molecule has 2 heterocycles. The van der Waals surface area contributed by atoms with E-state index < -0.39 is 0 Å². The maximum Gasteiger partial charge on any atom is 0.230 e. The fourth-order valence-electron chi connectivity index (χ4n) is 3.48. The largest absolute Gasteiger partial charge is 0.486 e. The minimum atomic E-state index is 0.0702. The van der Waals surface area contributed by atoms with Crippen LogP contribution in [0.3, 0.4) is 0 Å². The molecule has 0 radical (unpaired) electrons. The number of anilines is 1. The molecular formula is C21H23BrN2O3S. The van der Waals surface area contributed by atoms with Crippen molar-refractivity contribution in [1.29, 1.82) is 0 Å². The lowest BCUT2D eigenvalue weighted by Crippen LogP contribution is -2.32. The van der Waals surface area contributed by atoms with Crippen molar-refractivity contribution in [2.45, 2.75) is 11.3 Å². The van der Waals surface area contributed by atoms with E-state index >= 15 is 0 Å². The fraction of sp³-hybridized carbons (Fsp3) is 0.381. The number of halogens is 1. The zero-order valence-electron chi connectivity index (χ0n) is 15.5. The van der Waals surface area contributed by atoms with Crippen molar-refractivity contribution in [3.63, 3.8) is 0 Å². The molecule has 1 fully saturated rings. The van der Waals surface area contributed by atoms with E-state index in [0.29, 0.717) is 24.9 Å². The highest BCUT2D eigenvalue weighted by atomic mass is 79.9. The van der Waals surface area contributed by atoms with Crippen LogP contribution in [0.5, 0.6) is 11.5 Å². The molecule has 2 aromatic carbocycles. The maximum atomic E-state index is 12.3. The van der Waals surface area contributed by atoms with E-state index in [1.165, 1.54) is 17.4 Å². The summed E-state index contributed by atoms with van der Waals surface area (Å²) in [6, 6.07) is 14.2. The molecule has 7 heteroatoms. The predicted octanol–water partition coefficient (Wildman–Crippen LogP) is 3.96. The number of hydrogen-bond acceptors (Lipinski definition) is 5. The summed E-state index contributed by atoms with van der Waals surface area (Å²) < 4.78 is 12.2. The number of nitrogens with zero attached hydrogens (tertiary/aromatic N) is 1. The number of fused-ring (bicyclic) bond motifs is 1. The number of thioether (sulfide) groups is 1. The zero-order valence-corrected chi connectivity index (χ0v) is 17.9. The zero-order chi connectivity index (χ0) is 19.3. The van der Waals surface area contributed by atoms with Crippen LogP contribution in [-0.2, 0) is 4.79 Å². The van der Waals surface area contributed by atoms with Crippen LogP contribution in [-0.4, -0.2) is 44.5 Å². The molecule has 1 unspecified atom stereocenters. The summed E-state index contributed by atoms with van der Waals surface area (Å²) in [4.78, 5) is 15.6. The summed E-state index contributed by atoms with van der Waals surface area (Å²) >= 11 is 5.05. The summed E-state index contributed by atoms with van der Waals surface area (Å²) in [6.07, 6.45) is 1.10. The second-order valence-electron chi connectivity index (χ2n) is 6.98. The smallest absolute Gasteiger partial charge is 0.230 e. The molecule has 0 saturated carbocycles. The van der Waals surface area contributed by atoms with Crippen LogP contribution in [0, 0.1) is 5.92 Å². The minimum Gasteiger partial charge on any atom is -0.486 e. The van der Waals surface area contributed by atoms with E-state index in [2.05, 4.69) is 44.3 Å². The van der Waals surface area contributed by atoms with E-state index in [9.17, 15) is 4.79 Å². The topological polar surface area (TPSA) is 50.8 Å². The first-order valence-electron chi connectivity index (χ1n) is 9.47. The van der Waals surface area contributed by atoms with E-state index in [-0.39, 0.29) is 5.91 Å². The van der Waals surface area contributed by atoms with Gasteiger partial charge >= 0.3 is 0 Å². The van der Waals surface area contributed by atoms with Gasteiger partial charge in [-0.2, -0.15) is 0 Å². The van der Waals surface area contributed by atoms with Gasteiger partial charge in [0.15, 0.2) is 11.5 Å². The minimum absolute atomic E-state index is 0.0702. The van der Waals surface area contributed by atoms with Crippen molar-refractivity contribution in [3.8, 4) is 11.5 Å². The standard InChI is InChI=1S/C21H23BrN2O3S/c22-16-2-1-3-17(10-16)24-7-6-15(13-24)12-23-21(25)14-28-18-4-5-19-20(11-18)27-9-8-26-19/h1-5,10-11,15H,6-9,12-14H2,(H,23,25). The van der Waals surface area contributed by atoms with Crippen LogP contribution in [0.1, 0.15) is 6.42 Å². The Kier molecular flexibility index (Phi) is 6.32. The molecule has 5 nitrogen and oxygen atoms in total. The SMILES string of the molecule is O=C(CSc1ccc2c(c1)OCCO2)NCC1CCN(c2cccc(Br)c2)C1. The van der Waals surface area contributed by atoms with Gasteiger partial charge in [-0.1, -0.05) is 22.0 Å². The van der Waals surface area contributed by atoms with Gasteiger partial charge in [-0.3, -0.25) is 4.79 Å². The predicted molar refractivity (Wildman–Crippen MR) is 116 cm³/mol. The van der Waals surface area contributed by atoms with Gasteiger partial charge in [0, 0.05) is 34.7 Å². The Morgan fingerprint density at radius 2 is 2.04 bits per heavy atom. The van der Waals surface area contributed by atoms with Crippen LogP contribution in [0.4, 0.5) is 5.69 Å². The van der Waals surface area contributed by atoms with Crippen molar-refractivity contribution in [1.82, 2.24) is 5.32 Å². The molecule has 2 aromatic rings. The monoisotopic (exact) mass is 462 g/mol. The van der Waals surface area contributed by atoms with E-state index in [0.717, 1.165) is 46.9 Å². The molecule has 1 atom stereocenters. The number of hydrogen-bond donors (Lipinski definition) is 1. The number of rotatable bonds is 6. The summed E-state index contributed by atoms with van der Waals surface area (Å²) in [6.45, 7) is 3.89. The first-order valence-corrected chi connectivity index (χ1v) is 11.2. The molecule has 0 aliphatic carbocycles. The van der Waals surface area contributed by atoms with Gasteiger partial charge in [0.1, 0.15) is 13.2 Å². The first kappa shape index (κ1) is 19.5. The lowest BCUT2D eigenvalue weighted by molar-refractivity contribution is -0.118. The second kappa shape index (κ2) is 9.09. The Morgan fingerprint density at radius 3 is 2.89 bits per heavy atom. The molecule has 2 aliphatic heterocycles. The van der Waals surface area contributed by atoms with Crippen LogP contribution < -0.4 is 19.7 Å². The number of benzene rings is 2. The summed E-state index contributed by atoms with van der Waals surface area (Å²) in [5.41, 5.74) is 1.23. The van der Waals surface area contributed by atoms with Crippen LogP contribution >= 0.6 is 27.7 Å². The van der Waals surface area contributed by atoms with E-state index in [1.807, 2.05) is 24.3 Å². The number of carbonyl (C=O) groups excluding carboxylic acids is 1. The fourth-order valence-corrected chi connectivity index (χ4v) is 4.62. The molecular weight excluding hydrogens is 440 g/mol. The van der Waals surface area contributed by atoms with Crippen LogP contribution in [0.2, 0.25) is 0 Å². The van der Waals surface area contributed by atoms with Gasteiger partial charge in [-0.25, -0.2) is 0 Å². The second-order valence-corrected chi connectivity index (χ2v) is 8.94. The van der Waals surface area contributed by atoms with Gasteiger partial charge in [0.25, 0.3) is 0 Å². The molecule has 0 spiro atoms. The molecule has 0 aromatic heterocycles. The van der Waals surface area contributed by atoms with Gasteiger partial charge < -0.3 is 19.7 Å².